The second-order valence-electron chi connectivity index (χ2n) is 7.63. The molecule has 1 N–H and O–H groups in total. The molecule has 1 saturated heterocycles. The highest BCUT2D eigenvalue weighted by Gasteiger charge is 2.46. The van der Waals surface area contributed by atoms with Gasteiger partial charge in [-0.1, -0.05) is 12.8 Å². The summed E-state index contributed by atoms with van der Waals surface area (Å²) >= 11 is 0. The number of rotatable bonds is 8. The molecule has 2 aliphatic rings. The lowest BCUT2D eigenvalue weighted by Crippen LogP contribution is -2.46. The van der Waals surface area contributed by atoms with E-state index in [1.165, 1.54) is 13.5 Å². The van der Waals surface area contributed by atoms with Gasteiger partial charge in [0.25, 0.3) is 0 Å². The van der Waals surface area contributed by atoms with Crippen molar-refractivity contribution >= 4 is 17.6 Å². The number of carbonyl (C=O) groups is 2. The Labute approximate surface area is 172 Å². The fraction of sp³-hybridized carbons (Fsp3) is 0.636. The Bertz CT molecular complexity index is 723. The van der Waals surface area contributed by atoms with E-state index in [-0.39, 0.29) is 30.5 Å². The van der Waals surface area contributed by atoms with Gasteiger partial charge in [0.2, 0.25) is 5.91 Å². The molecule has 3 unspecified atom stereocenters. The molecule has 1 aliphatic carbocycles. The number of carbonyl (C=O) groups excluding carboxylic acids is 2. The van der Waals surface area contributed by atoms with Gasteiger partial charge in [-0.05, 0) is 51.2 Å². The van der Waals surface area contributed by atoms with E-state index < -0.39 is 0 Å². The molecule has 7 heteroatoms. The highest BCUT2D eigenvalue weighted by molar-refractivity contribution is 5.94. The zero-order valence-corrected chi connectivity index (χ0v) is 17.6. The van der Waals surface area contributed by atoms with Crippen LogP contribution in [0.15, 0.2) is 18.2 Å². The zero-order valence-electron chi connectivity index (χ0n) is 17.6. The maximum atomic E-state index is 12.9. The summed E-state index contributed by atoms with van der Waals surface area (Å²) in [5.74, 6) is 1.32. The minimum Gasteiger partial charge on any atom is -0.494 e. The predicted octanol–water partition coefficient (Wildman–Crippen LogP) is 3.23. The van der Waals surface area contributed by atoms with Crippen molar-refractivity contribution in [3.05, 3.63) is 18.2 Å². The first-order chi connectivity index (χ1) is 14.1. The number of anilines is 1. The Kier molecular flexibility index (Phi) is 7.36. The van der Waals surface area contributed by atoms with Crippen LogP contribution in [0.5, 0.6) is 11.5 Å². The Balaban J connectivity index is 1.74. The molecule has 1 aliphatic heterocycles. The molecular formula is C22H32N2O5. The van der Waals surface area contributed by atoms with Gasteiger partial charge in [-0.2, -0.15) is 0 Å². The third-order valence-electron chi connectivity index (χ3n) is 5.86. The number of methoxy groups -OCH3 is 1. The van der Waals surface area contributed by atoms with Crippen LogP contribution in [0.1, 0.15) is 46.0 Å². The van der Waals surface area contributed by atoms with Crippen LogP contribution in [0.3, 0.4) is 0 Å². The summed E-state index contributed by atoms with van der Waals surface area (Å²) in [7, 11) is 1.41. The molecule has 29 heavy (non-hydrogen) atoms. The summed E-state index contributed by atoms with van der Waals surface area (Å²) < 4.78 is 16.2. The Morgan fingerprint density at radius 2 is 1.90 bits per heavy atom. The van der Waals surface area contributed by atoms with Gasteiger partial charge < -0.3 is 19.5 Å². The van der Waals surface area contributed by atoms with Gasteiger partial charge in [-0.25, -0.2) is 0 Å². The molecule has 0 radical (unpaired) electrons. The number of nitrogens with one attached hydrogen (secondary N) is 1. The quantitative estimate of drug-likeness (QED) is 0.671. The first-order valence-electron chi connectivity index (χ1n) is 10.6. The highest BCUT2D eigenvalue weighted by Crippen LogP contribution is 2.40. The van der Waals surface area contributed by atoms with Crippen molar-refractivity contribution in [2.45, 2.75) is 58.0 Å². The van der Waals surface area contributed by atoms with Crippen LogP contribution in [0.4, 0.5) is 5.69 Å². The third kappa shape index (κ3) is 5.01. The predicted molar refractivity (Wildman–Crippen MR) is 110 cm³/mol. The monoisotopic (exact) mass is 404 g/mol. The van der Waals surface area contributed by atoms with Crippen molar-refractivity contribution < 1.29 is 23.8 Å². The minimum atomic E-state index is -0.347. The van der Waals surface area contributed by atoms with Crippen LogP contribution in [0, 0.1) is 5.92 Å². The summed E-state index contributed by atoms with van der Waals surface area (Å²) in [5.41, 5.74) is 0.580. The Morgan fingerprint density at radius 3 is 2.62 bits per heavy atom. The largest absolute Gasteiger partial charge is 0.494 e. The number of esters is 1. The van der Waals surface area contributed by atoms with Crippen LogP contribution in [-0.2, 0) is 14.3 Å². The van der Waals surface area contributed by atoms with E-state index in [0.717, 1.165) is 25.7 Å². The molecule has 2 fully saturated rings. The van der Waals surface area contributed by atoms with Gasteiger partial charge in [0.15, 0.2) is 0 Å². The molecule has 3 rings (SSSR count). The normalized spacial score (nSPS) is 23.9. The summed E-state index contributed by atoms with van der Waals surface area (Å²) in [6, 6.07) is 5.32. The number of ether oxygens (including phenoxy) is 3. The van der Waals surface area contributed by atoms with Gasteiger partial charge in [0.1, 0.15) is 17.5 Å². The van der Waals surface area contributed by atoms with E-state index in [4.69, 9.17) is 14.2 Å². The van der Waals surface area contributed by atoms with Crippen LogP contribution in [-0.4, -0.2) is 55.7 Å². The molecule has 1 aromatic carbocycles. The van der Waals surface area contributed by atoms with Gasteiger partial charge in [-0.3, -0.25) is 14.5 Å². The third-order valence-corrected chi connectivity index (χ3v) is 5.86. The number of nitrogens with zero attached hydrogens (tertiary/aromatic N) is 1. The molecule has 1 amide bonds. The van der Waals surface area contributed by atoms with Crippen LogP contribution < -0.4 is 14.8 Å². The van der Waals surface area contributed by atoms with Gasteiger partial charge in [0.05, 0.1) is 32.6 Å². The molecule has 0 bridgehead atoms. The highest BCUT2D eigenvalue weighted by atomic mass is 16.5. The fourth-order valence-corrected chi connectivity index (χ4v) is 4.65. The number of fused-ring (bicyclic) bond motifs is 1. The average molecular weight is 405 g/mol. The first kappa shape index (κ1) is 21.4. The topological polar surface area (TPSA) is 77.1 Å². The Hall–Kier alpha value is -2.28. The SMILES string of the molecule is CCOc1ccc(OCC)c(NC(=O)CN2C(C(=O)OC)CC3CCCCC32)c1. The van der Waals surface area contributed by atoms with Crippen molar-refractivity contribution in [1.29, 1.82) is 0 Å². The van der Waals surface area contributed by atoms with Gasteiger partial charge >= 0.3 is 5.97 Å². The molecule has 1 heterocycles. The maximum Gasteiger partial charge on any atom is 0.323 e. The molecule has 1 aromatic rings. The average Bonchev–Trinajstić information content (AvgIpc) is 3.08. The van der Waals surface area contributed by atoms with E-state index in [1.807, 2.05) is 24.8 Å². The number of amides is 1. The fourth-order valence-electron chi connectivity index (χ4n) is 4.65. The summed E-state index contributed by atoms with van der Waals surface area (Å²) in [6.07, 6.45) is 5.24. The summed E-state index contributed by atoms with van der Waals surface area (Å²) in [5, 5.41) is 2.96. The lowest BCUT2D eigenvalue weighted by molar-refractivity contribution is -0.146. The molecule has 0 spiro atoms. The van der Waals surface area contributed by atoms with E-state index in [0.29, 0.717) is 36.3 Å². The van der Waals surface area contributed by atoms with Crippen molar-refractivity contribution in [2.24, 2.45) is 5.92 Å². The lowest BCUT2D eigenvalue weighted by Gasteiger charge is -2.32. The molecule has 0 aromatic heterocycles. The Morgan fingerprint density at radius 1 is 1.14 bits per heavy atom. The summed E-state index contributed by atoms with van der Waals surface area (Å²) in [6.45, 7) is 5.01. The first-order valence-corrected chi connectivity index (χ1v) is 10.6. The number of likely N-dealkylation sites (tertiary alicyclic amines) is 1. The van der Waals surface area contributed by atoms with E-state index in [2.05, 4.69) is 5.32 Å². The second-order valence-corrected chi connectivity index (χ2v) is 7.63. The van der Waals surface area contributed by atoms with E-state index in [1.54, 1.807) is 12.1 Å². The van der Waals surface area contributed by atoms with E-state index in [9.17, 15) is 9.59 Å². The van der Waals surface area contributed by atoms with Gasteiger partial charge in [-0.15, -0.1) is 0 Å². The van der Waals surface area contributed by atoms with Crippen LogP contribution >= 0.6 is 0 Å². The lowest BCUT2D eigenvalue weighted by atomic mass is 9.85. The standard InChI is InChI=1S/C22H32N2O5/c1-4-28-16-10-11-20(29-5-2)17(13-16)23-21(25)14-24-18-9-7-6-8-15(18)12-19(24)22(26)27-3/h10-11,13,15,18-19H,4-9,12,14H2,1-3H3,(H,23,25). The van der Waals surface area contributed by atoms with Crippen molar-refractivity contribution in [1.82, 2.24) is 4.90 Å². The zero-order chi connectivity index (χ0) is 20.8. The van der Waals surface area contributed by atoms with Crippen LogP contribution in [0.25, 0.3) is 0 Å². The summed E-state index contributed by atoms with van der Waals surface area (Å²) in [4.78, 5) is 27.3. The molecule has 160 valence electrons. The minimum absolute atomic E-state index is 0.158. The second kappa shape index (κ2) is 9.96. The number of hydrogen-bond donors (Lipinski definition) is 1. The van der Waals surface area contributed by atoms with Crippen molar-refractivity contribution in [2.75, 3.05) is 32.2 Å². The molecular weight excluding hydrogens is 372 g/mol. The molecule has 7 nitrogen and oxygen atoms in total. The van der Waals surface area contributed by atoms with Crippen molar-refractivity contribution in [3.8, 4) is 11.5 Å². The number of benzene rings is 1. The van der Waals surface area contributed by atoms with Gasteiger partial charge in [0, 0.05) is 12.1 Å². The van der Waals surface area contributed by atoms with E-state index >= 15 is 0 Å². The van der Waals surface area contributed by atoms with Crippen molar-refractivity contribution in [3.63, 3.8) is 0 Å². The van der Waals surface area contributed by atoms with Crippen LogP contribution in [0.2, 0.25) is 0 Å². The maximum absolute atomic E-state index is 12.9. The smallest absolute Gasteiger partial charge is 0.323 e. The molecule has 3 atom stereocenters. The number of hydrogen-bond acceptors (Lipinski definition) is 6. The molecule has 1 saturated carbocycles.